The fourth-order valence-electron chi connectivity index (χ4n) is 2.53. The summed E-state index contributed by atoms with van der Waals surface area (Å²) in [6.07, 6.45) is 1.61. The van der Waals surface area contributed by atoms with E-state index in [9.17, 15) is 9.59 Å². The number of anilines is 1. The number of amides is 2. The van der Waals surface area contributed by atoms with Crippen molar-refractivity contribution in [1.82, 2.24) is 4.90 Å². The van der Waals surface area contributed by atoms with E-state index in [-0.39, 0.29) is 18.0 Å². The van der Waals surface area contributed by atoms with Gasteiger partial charge >= 0.3 is 12.0 Å². The maximum Gasteiger partial charge on any atom is 0.339 e. The van der Waals surface area contributed by atoms with Gasteiger partial charge in [-0.25, -0.2) is 9.59 Å². The molecule has 114 valence electrons. The van der Waals surface area contributed by atoms with E-state index in [4.69, 9.17) is 10.5 Å². The Morgan fingerprint density at radius 2 is 2.00 bits per heavy atom. The Kier molecular flexibility index (Phi) is 4.67. The molecule has 0 unspecified atom stereocenters. The van der Waals surface area contributed by atoms with Crippen LogP contribution in [0, 0.1) is 6.92 Å². The summed E-state index contributed by atoms with van der Waals surface area (Å²) in [7, 11) is 1.37. The molecule has 6 nitrogen and oxygen atoms in total. The molecule has 1 heterocycles. The van der Waals surface area contributed by atoms with Crippen molar-refractivity contribution < 1.29 is 14.3 Å². The Balaban J connectivity index is 2.07. The molecule has 3 N–H and O–H groups in total. The molecule has 1 aliphatic rings. The van der Waals surface area contributed by atoms with Crippen LogP contribution in [0.25, 0.3) is 0 Å². The van der Waals surface area contributed by atoms with Crippen LogP contribution < -0.4 is 11.1 Å². The molecule has 1 aromatic rings. The van der Waals surface area contributed by atoms with Crippen molar-refractivity contribution in [1.29, 1.82) is 0 Å². The maximum absolute atomic E-state index is 11.8. The molecule has 6 heteroatoms. The van der Waals surface area contributed by atoms with E-state index in [2.05, 4.69) is 5.32 Å². The van der Waals surface area contributed by atoms with Gasteiger partial charge in [-0.2, -0.15) is 0 Å². The van der Waals surface area contributed by atoms with Gasteiger partial charge in [-0.1, -0.05) is 11.6 Å². The minimum absolute atomic E-state index is 0.215. The third kappa shape index (κ3) is 3.65. The van der Waals surface area contributed by atoms with Crippen LogP contribution in [0.5, 0.6) is 0 Å². The molecule has 1 aromatic carbocycles. The Morgan fingerprint density at radius 1 is 1.33 bits per heavy atom. The van der Waals surface area contributed by atoms with Gasteiger partial charge in [0.1, 0.15) is 0 Å². The SMILES string of the molecule is COC(=O)c1cc(C)ccc1NC1CCN(C(N)=O)CC1. The van der Waals surface area contributed by atoms with Gasteiger partial charge in [-0.15, -0.1) is 0 Å². The highest BCUT2D eigenvalue weighted by atomic mass is 16.5. The number of likely N-dealkylation sites (tertiary alicyclic amines) is 1. The Hall–Kier alpha value is -2.24. The van der Waals surface area contributed by atoms with Crippen LogP contribution >= 0.6 is 0 Å². The standard InChI is InChI=1S/C15H21N3O3/c1-10-3-4-13(12(9-10)14(19)21-2)17-11-5-7-18(8-6-11)15(16)20/h3-4,9,11,17H,5-8H2,1-2H3,(H2,16,20). The lowest BCUT2D eigenvalue weighted by atomic mass is 10.0. The predicted octanol–water partition coefficient (Wildman–Crippen LogP) is 1.74. The van der Waals surface area contributed by atoms with Gasteiger partial charge in [-0.3, -0.25) is 0 Å². The molecule has 21 heavy (non-hydrogen) atoms. The minimum atomic E-state index is -0.376. The summed E-state index contributed by atoms with van der Waals surface area (Å²) in [6, 6.07) is 5.49. The molecule has 0 aromatic heterocycles. The van der Waals surface area contributed by atoms with Gasteiger partial charge in [0.25, 0.3) is 0 Å². The molecule has 0 atom stereocenters. The monoisotopic (exact) mass is 291 g/mol. The molecule has 1 fully saturated rings. The predicted molar refractivity (Wildman–Crippen MR) is 80.3 cm³/mol. The summed E-state index contributed by atoms with van der Waals surface area (Å²) in [5.41, 5.74) is 7.58. The van der Waals surface area contributed by atoms with Crippen molar-refractivity contribution in [3.63, 3.8) is 0 Å². The first-order valence-electron chi connectivity index (χ1n) is 7.01. The van der Waals surface area contributed by atoms with Crippen LogP contribution in [0.3, 0.4) is 0 Å². The average molecular weight is 291 g/mol. The Bertz CT molecular complexity index is 537. The number of piperidine rings is 1. The molecule has 0 radical (unpaired) electrons. The number of ether oxygens (including phenoxy) is 1. The zero-order valence-corrected chi connectivity index (χ0v) is 12.4. The second-order valence-electron chi connectivity index (χ2n) is 5.28. The smallest absolute Gasteiger partial charge is 0.339 e. The van der Waals surface area contributed by atoms with Crippen molar-refractivity contribution in [2.24, 2.45) is 5.73 Å². The zero-order valence-electron chi connectivity index (χ0n) is 12.4. The second-order valence-corrected chi connectivity index (χ2v) is 5.28. The van der Waals surface area contributed by atoms with Gasteiger partial charge in [0.05, 0.1) is 12.7 Å². The van der Waals surface area contributed by atoms with E-state index < -0.39 is 0 Å². The number of hydrogen-bond acceptors (Lipinski definition) is 4. The van der Waals surface area contributed by atoms with Crippen molar-refractivity contribution >= 4 is 17.7 Å². The molecule has 0 spiro atoms. The van der Waals surface area contributed by atoms with Gasteiger partial charge < -0.3 is 20.7 Å². The molecule has 0 aliphatic carbocycles. The van der Waals surface area contributed by atoms with Crippen molar-refractivity contribution in [2.45, 2.75) is 25.8 Å². The average Bonchev–Trinajstić information content (AvgIpc) is 2.48. The summed E-state index contributed by atoms with van der Waals surface area (Å²) < 4.78 is 4.82. The number of nitrogens with zero attached hydrogens (tertiary/aromatic N) is 1. The van der Waals surface area contributed by atoms with Crippen molar-refractivity contribution in [2.75, 3.05) is 25.5 Å². The first kappa shape index (κ1) is 15.2. The first-order valence-corrected chi connectivity index (χ1v) is 7.01. The van der Waals surface area contributed by atoms with Gasteiger partial charge in [-0.05, 0) is 31.9 Å². The maximum atomic E-state index is 11.8. The lowest BCUT2D eigenvalue weighted by Gasteiger charge is -2.32. The highest BCUT2D eigenvalue weighted by Gasteiger charge is 2.22. The molecular weight excluding hydrogens is 270 g/mol. The third-order valence-corrected chi connectivity index (χ3v) is 3.75. The Morgan fingerprint density at radius 3 is 2.57 bits per heavy atom. The minimum Gasteiger partial charge on any atom is -0.465 e. The fourth-order valence-corrected chi connectivity index (χ4v) is 2.53. The molecule has 2 rings (SSSR count). The number of esters is 1. The number of aryl methyl sites for hydroxylation is 1. The molecule has 0 bridgehead atoms. The van der Waals surface area contributed by atoms with Gasteiger partial charge in [0, 0.05) is 24.8 Å². The molecule has 0 saturated carbocycles. The van der Waals surface area contributed by atoms with E-state index in [1.807, 2.05) is 25.1 Å². The van der Waals surface area contributed by atoms with Crippen molar-refractivity contribution in [3.05, 3.63) is 29.3 Å². The third-order valence-electron chi connectivity index (χ3n) is 3.75. The van der Waals surface area contributed by atoms with Crippen LogP contribution in [0.1, 0.15) is 28.8 Å². The summed E-state index contributed by atoms with van der Waals surface area (Å²) in [5, 5.41) is 3.37. The van der Waals surface area contributed by atoms with E-state index >= 15 is 0 Å². The number of nitrogens with two attached hydrogens (primary N) is 1. The number of nitrogens with one attached hydrogen (secondary N) is 1. The lowest BCUT2D eigenvalue weighted by molar-refractivity contribution is 0.0601. The van der Waals surface area contributed by atoms with Crippen LogP contribution in [0.2, 0.25) is 0 Å². The van der Waals surface area contributed by atoms with E-state index in [1.54, 1.807) is 4.90 Å². The van der Waals surface area contributed by atoms with Crippen LogP contribution in [0.4, 0.5) is 10.5 Å². The number of primary amides is 1. The zero-order chi connectivity index (χ0) is 15.4. The van der Waals surface area contributed by atoms with E-state index in [0.717, 1.165) is 24.1 Å². The number of carbonyl (C=O) groups is 2. The normalized spacial score (nSPS) is 15.6. The summed E-state index contributed by atoms with van der Waals surface area (Å²) >= 11 is 0. The van der Waals surface area contributed by atoms with Gasteiger partial charge in [0.15, 0.2) is 0 Å². The Labute approximate surface area is 124 Å². The van der Waals surface area contributed by atoms with Crippen LogP contribution in [0.15, 0.2) is 18.2 Å². The summed E-state index contributed by atoms with van der Waals surface area (Å²) in [5.74, 6) is -0.351. The highest BCUT2D eigenvalue weighted by Crippen LogP contribution is 2.22. The van der Waals surface area contributed by atoms with Crippen LogP contribution in [-0.4, -0.2) is 43.1 Å². The highest BCUT2D eigenvalue weighted by molar-refractivity contribution is 5.95. The second kappa shape index (κ2) is 6.47. The quantitative estimate of drug-likeness (QED) is 0.831. The largest absolute Gasteiger partial charge is 0.465 e. The number of rotatable bonds is 3. The number of benzene rings is 1. The number of urea groups is 1. The molecule has 2 amide bonds. The summed E-state index contributed by atoms with van der Waals surface area (Å²) in [4.78, 5) is 24.6. The topological polar surface area (TPSA) is 84.7 Å². The van der Waals surface area contributed by atoms with Crippen molar-refractivity contribution in [3.8, 4) is 0 Å². The molecule has 1 saturated heterocycles. The van der Waals surface area contributed by atoms with Crippen LogP contribution in [-0.2, 0) is 4.74 Å². The molecular formula is C15H21N3O3. The van der Waals surface area contributed by atoms with Gasteiger partial charge in [0.2, 0.25) is 0 Å². The lowest BCUT2D eigenvalue weighted by Crippen LogP contribution is -2.44. The number of methoxy groups -OCH3 is 1. The van der Waals surface area contributed by atoms with E-state index in [1.165, 1.54) is 7.11 Å². The number of hydrogen-bond donors (Lipinski definition) is 2. The number of carbonyl (C=O) groups excluding carboxylic acids is 2. The van der Waals surface area contributed by atoms with E-state index in [0.29, 0.717) is 18.7 Å². The fraction of sp³-hybridized carbons (Fsp3) is 0.467. The molecule has 1 aliphatic heterocycles. The summed E-state index contributed by atoms with van der Waals surface area (Å²) in [6.45, 7) is 3.19. The first-order chi connectivity index (χ1) is 10.0.